The Balaban J connectivity index is 1.59. The van der Waals surface area contributed by atoms with Gasteiger partial charge in [-0.1, -0.05) is 19.9 Å². The van der Waals surface area contributed by atoms with Gasteiger partial charge in [-0.15, -0.1) is 16.4 Å². The smallest absolute Gasteiger partial charge is 0.387 e. The monoisotopic (exact) mass is 322 g/mol. The van der Waals surface area contributed by atoms with Crippen LogP contribution in [0.15, 0.2) is 26.7 Å². The summed E-state index contributed by atoms with van der Waals surface area (Å²) < 4.78 is 6.67. The van der Waals surface area contributed by atoms with Crippen LogP contribution in [-0.2, 0) is 6.67 Å². The highest BCUT2D eigenvalue weighted by Gasteiger charge is 2.19. The van der Waals surface area contributed by atoms with E-state index in [9.17, 15) is 4.79 Å². The SMILES string of the molecule is CC(C)CN1CCN(Cn2nc(-c3cccs3)oc2=O)CC1. The summed E-state index contributed by atoms with van der Waals surface area (Å²) in [6, 6.07) is 3.83. The van der Waals surface area contributed by atoms with Crippen LogP contribution in [-0.4, -0.2) is 52.3 Å². The Morgan fingerprint density at radius 2 is 2.00 bits per heavy atom. The van der Waals surface area contributed by atoms with Crippen molar-refractivity contribution in [2.45, 2.75) is 20.5 Å². The molecule has 0 radical (unpaired) electrons. The molecule has 1 aliphatic rings. The molecule has 1 saturated heterocycles. The van der Waals surface area contributed by atoms with Gasteiger partial charge in [0.15, 0.2) is 0 Å². The second-order valence-electron chi connectivity index (χ2n) is 6.10. The second kappa shape index (κ2) is 6.76. The lowest BCUT2D eigenvalue weighted by molar-refractivity contribution is 0.0934. The normalized spacial score (nSPS) is 17.4. The molecule has 2 aromatic rings. The third kappa shape index (κ3) is 3.66. The number of aromatic nitrogens is 2. The zero-order chi connectivity index (χ0) is 15.5. The van der Waals surface area contributed by atoms with E-state index in [1.54, 1.807) is 0 Å². The number of thiophene rings is 1. The third-order valence-electron chi connectivity index (χ3n) is 3.76. The van der Waals surface area contributed by atoms with Crippen molar-refractivity contribution in [2.75, 3.05) is 32.7 Å². The summed E-state index contributed by atoms with van der Waals surface area (Å²) in [5.41, 5.74) is 0. The first-order valence-electron chi connectivity index (χ1n) is 7.68. The van der Waals surface area contributed by atoms with Gasteiger partial charge in [-0.05, 0) is 17.4 Å². The topological polar surface area (TPSA) is 54.5 Å². The molecule has 0 spiro atoms. The van der Waals surface area contributed by atoms with Crippen LogP contribution in [0, 0.1) is 5.92 Å². The first kappa shape index (κ1) is 15.5. The van der Waals surface area contributed by atoms with Gasteiger partial charge < -0.3 is 9.32 Å². The minimum absolute atomic E-state index is 0.381. The van der Waals surface area contributed by atoms with E-state index in [-0.39, 0.29) is 5.76 Å². The summed E-state index contributed by atoms with van der Waals surface area (Å²) in [7, 11) is 0. The van der Waals surface area contributed by atoms with Gasteiger partial charge >= 0.3 is 5.76 Å². The fraction of sp³-hybridized carbons (Fsp3) is 0.600. The second-order valence-corrected chi connectivity index (χ2v) is 7.05. The molecular weight excluding hydrogens is 300 g/mol. The van der Waals surface area contributed by atoms with Crippen LogP contribution in [0.4, 0.5) is 0 Å². The summed E-state index contributed by atoms with van der Waals surface area (Å²) >= 11 is 1.52. The molecule has 3 heterocycles. The van der Waals surface area contributed by atoms with Crippen LogP contribution < -0.4 is 5.76 Å². The van der Waals surface area contributed by atoms with Gasteiger partial charge in [-0.25, -0.2) is 4.79 Å². The van der Waals surface area contributed by atoms with E-state index in [0.29, 0.717) is 18.5 Å². The van der Waals surface area contributed by atoms with Crippen molar-refractivity contribution < 1.29 is 4.42 Å². The Kier molecular flexibility index (Phi) is 4.75. The molecule has 2 aromatic heterocycles. The number of nitrogens with zero attached hydrogens (tertiary/aromatic N) is 4. The number of hydrogen-bond acceptors (Lipinski definition) is 6. The van der Waals surface area contributed by atoms with E-state index in [2.05, 4.69) is 28.7 Å². The predicted octanol–water partition coefficient (Wildman–Crippen LogP) is 1.80. The molecule has 0 aromatic carbocycles. The van der Waals surface area contributed by atoms with Gasteiger partial charge in [-0.3, -0.25) is 4.90 Å². The van der Waals surface area contributed by atoms with Crippen LogP contribution in [0.5, 0.6) is 0 Å². The first-order chi connectivity index (χ1) is 10.6. The van der Waals surface area contributed by atoms with E-state index in [4.69, 9.17) is 4.42 Å². The maximum atomic E-state index is 11.9. The minimum atomic E-state index is -0.381. The molecule has 1 fully saturated rings. The molecule has 7 heteroatoms. The van der Waals surface area contributed by atoms with E-state index in [0.717, 1.165) is 37.6 Å². The summed E-state index contributed by atoms with van der Waals surface area (Å²) in [4.78, 5) is 17.5. The molecule has 22 heavy (non-hydrogen) atoms. The van der Waals surface area contributed by atoms with Crippen molar-refractivity contribution in [1.29, 1.82) is 0 Å². The molecule has 0 aliphatic carbocycles. The first-order valence-corrected chi connectivity index (χ1v) is 8.56. The number of rotatable bonds is 5. The lowest BCUT2D eigenvalue weighted by Crippen LogP contribution is -2.48. The van der Waals surface area contributed by atoms with Crippen molar-refractivity contribution in [2.24, 2.45) is 5.92 Å². The highest BCUT2D eigenvalue weighted by molar-refractivity contribution is 7.13. The third-order valence-corrected chi connectivity index (χ3v) is 4.62. The fourth-order valence-electron chi connectivity index (χ4n) is 2.71. The molecule has 6 nitrogen and oxygen atoms in total. The largest absolute Gasteiger partial charge is 0.438 e. The molecule has 0 N–H and O–H groups in total. The van der Waals surface area contributed by atoms with E-state index in [1.165, 1.54) is 16.0 Å². The lowest BCUT2D eigenvalue weighted by atomic mass is 10.2. The Labute approximate surface area is 134 Å². The van der Waals surface area contributed by atoms with Gasteiger partial charge in [-0.2, -0.15) is 4.68 Å². The standard InChI is InChI=1S/C15H22N4O2S/c1-12(2)10-17-5-7-18(8-6-17)11-19-15(20)21-14(16-19)13-4-3-9-22-13/h3-4,9,12H,5-8,10-11H2,1-2H3. The quantitative estimate of drug-likeness (QED) is 0.840. The molecule has 0 atom stereocenters. The number of piperazine rings is 1. The van der Waals surface area contributed by atoms with Gasteiger partial charge in [0.05, 0.1) is 4.88 Å². The van der Waals surface area contributed by atoms with Crippen molar-refractivity contribution in [1.82, 2.24) is 19.6 Å². The average Bonchev–Trinajstić information content (AvgIpc) is 3.11. The fourth-order valence-corrected chi connectivity index (χ4v) is 3.36. The van der Waals surface area contributed by atoms with Crippen molar-refractivity contribution in [3.63, 3.8) is 0 Å². The van der Waals surface area contributed by atoms with Crippen LogP contribution in [0.2, 0.25) is 0 Å². The van der Waals surface area contributed by atoms with Crippen molar-refractivity contribution in [3.8, 4) is 10.8 Å². The molecule has 0 unspecified atom stereocenters. The molecular formula is C15H22N4O2S. The summed E-state index contributed by atoms with van der Waals surface area (Å²) in [5, 5.41) is 6.25. The molecule has 0 bridgehead atoms. The van der Waals surface area contributed by atoms with Crippen LogP contribution >= 0.6 is 11.3 Å². The average molecular weight is 322 g/mol. The minimum Gasteiger partial charge on any atom is -0.387 e. The molecule has 0 amide bonds. The Hall–Kier alpha value is -1.44. The Morgan fingerprint density at radius 3 is 2.64 bits per heavy atom. The molecule has 0 saturated carbocycles. The summed E-state index contributed by atoms with van der Waals surface area (Å²) in [5.74, 6) is 0.726. The Morgan fingerprint density at radius 1 is 1.27 bits per heavy atom. The van der Waals surface area contributed by atoms with Gasteiger partial charge in [0, 0.05) is 32.7 Å². The predicted molar refractivity (Wildman–Crippen MR) is 86.9 cm³/mol. The van der Waals surface area contributed by atoms with E-state index >= 15 is 0 Å². The zero-order valence-electron chi connectivity index (χ0n) is 13.1. The van der Waals surface area contributed by atoms with Crippen LogP contribution in [0.25, 0.3) is 10.8 Å². The Bertz CT molecular complexity index is 639. The zero-order valence-corrected chi connectivity index (χ0v) is 13.9. The van der Waals surface area contributed by atoms with Crippen LogP contribution in [0.3, 0.4) is 0 Å². The maximum Gasteiger partial charge on any atom is 0.438 e. The number of hydrogen-bond donors (Lipinski definition) is 0. The van der Waals surface area contributed by atoms with Crippen molar-refractivity contribution >= 4 is 11.3 Å². The lowest BCUT2D eigenvalue weighted by Gasteiger charge is -2.34. The van der Waals surface area contributed by atoms with E-state index in [1.807, 2.05) is 17.5 Å². The molecule has 3 rings (SSSR count). The molecule has 120 valence electrons. The maximum absolute atomic E-state index is 11.9. The van der Waals surface area contributed by atoms with Gasteiger partial charge in [0.25, 0.3) is 5.89 Å². The van der Waals surface area contributed by atoms with Gasteiger partial charge in [0.2, 0.25) is 0 Å². The van der Waals surface area contributed by atoms with Gasteiger partial charge in [0.1, 0.15) is 6.67 Å². The molecule has 1 aliphatic heterocycles. The summed E-state index contributed by atoms with van der Waals surface area (Å²) in [6.45, 7) is 10.1. The van der Waals surface area contributed by atoms with Crippen molar-refractivity contribution in [3.05, 3.63) is 28.1 Å². The van der Waals surface area contributed by atoms with Crippen LogP contribution in [0.1, 0.15) is 13.8 Å². The highest BCUT2D eigenvalue weighted by Crippen LogP contribution is 2.21. The summed E-state index contributed by atoms with van der Waals surface area (Å²) in [6.07, 6.45) is 0. The highest BCUT2D eigenvalue weighted by atomic mass is 32.1. The van der Waals surface area contributed by atoms with E-state index < -0.39 is 0 Å².